The number of carbonyl (C=O) groups excluding carboxylic acids is 1. The Labute approximate surface area is 141 Å². The predicted molar refractivity (Wildman–Crippen MR) is 92.4 cm³/mol. The summed E-state index contributed by atoms with van der Waals surface area (Å²) in [5.74, 6) is -0.0131. The number of amides is 1. The van der Waals surface area contributed by atoms with Gasteiger partial charge in [0, 0.05) is 24.5 Å². The highest BCUT2D eigenvalue weighted by molar-refractivity contribution is 5.76. The molecule has 5 heteroatoms. The first-order valence-electron chi connectivity index (χ1n) is 8.59. The van der Waals surface area contributed by atoms with E-state index in [2.05, 4.69) is 4.98 Å². The van der Waals surface area contributed by atoms with E-state index >= 15 is 0 Å². The number of rotatable bonds is 5. The molecule has 1 fully saturated rings. The molecule has 5 nitrogen and oxygen atoms in total. The lowest BCUT2D eigenvalue weighted by Gasteiger charge is -2.34. The average Bonchev–Trinajstić information content (AvgIpc) is 2.63. The molecule has 0 aromatic carbocycles. The van der Waals surface area contributed by atoms with Crippen molar-refractivity contribution in [2.24, 2.45) is 0 Å². The Balaban J connectivity index is 1.79. The fraction of sp³-hybridized carbons (Fsp3) is 0.421. The molecule has 1 saturated carbocycles. The molecule has 1 aliphatic rings. The van der Waals surface area contributed by atoms with Gasteiger partial charge in [0.1, 0.15) is 6.54 Å². The van der Waals surface area contributed by atoms with E-state index in [0.717, 1.165) is 31.4 Å². The van der Waals surface area contributed by atoms with Crippen molar-refractivity contribution in [2.45, 2.75) is 51.2 Å². The highest BCUT2D eigenvalue weighted by Gasteiger charge is 2.26. The number of aromatic nitrogens is 2. The van der Waals surface area contributed by atoms with Crippen LogP contribution >= 0.6 is 0 Å². The van der Waals surface area contributed by atoms with Crippen molar-refractivity contribution in [1.82, 2.24) is 14.5 Å². The second kappa shape index (κ2) is 7.90. The van der Waals surface area contributed by atoms with Crippen LogP contribution in [0.2, 0.25) is 0 Å². The number of hydrogen-bond donors (Lipinski definition) is 0. The Bertz CT molecular complexity index is 721. The molecule has 126 valence electrons. The summed E-state index contributed by atoms with van der Waals surface area (Å²) in [6.07, 6.45) is 9.02. The van der Waals surface area contributed by atoms with Gasteiger partial charge in [-0.1, -0.05) is 31.4 Å². The Morgan fingerprint density at radius 1 is 1.12 bits per heavy atom. The van der Waals surface area contributed by atoms with E-state index in [1.807, 2.05) is 23.1 Å². The maximum atomic E-state index is 12.9. The van der Waals surface area contributed by atoms with Crippen LogP contribution < -0.4 is 5.56 Å². The van der Waals surface area contributed by atoms with Crippen LogP contribution in [-0.2, 0) is 17.9 Å². The van der Waals surface area contributed by atoms with E-state index in [4.69, 9.17) is 0 Å². The molecule has 2 heterocycles. The summed E-state index contributed by atoms with van der Waals surface area (Å²) in [6.45, 7) is 0.592. The zero-order valence-corrected chi connectivity index (χ0v) is 13.8. The monoisotopic (exact) mass is 325 g/mol. The third-order valence-electron chi connectivity index (χ3n) is 4.60. The van der Waals surface area contributed by atoms with Crippen molar-refractivity contribution in [3.63, 3.8) is 0 Å². The number of nitrogens with zero attached hydrogens (tertiary/aromatic N) is 3. The number of hydrogen-bond acceptors (Lipinski definition) is 3. The van der Waals surface area contributed by atoms with Gasteiger partial charge in [-0.25, -0.2) is 0 Å². The van der Waals surface area contributed by atoms with Gasteiger partial charge in [0.15, 0.2) is 0 Å². The predicted octanol–water partition coefficient (Wildman–Crippen LogP) is 2.60. The van der Waals surface area contributed by atoms with Crippen molar-refractivity contribution in [3.05, 3.63) is 64.8 Å². The lowest BCUT2D eigenvalue weighted by Crippen LogP contribution is -2.43. The third kappa shape index (κ3) is 4.10. The van der Waals surface area contributed by atoms with Crippen molar-refractivity contribution < 1.29 is 4.79 Å². The molecule has 0 unspecified atom stereocenters. The Morgan fingerprint density at radius 3 is 2.62 bits per heavy atom. The van der Waals surface area contributed by atoms with Gasteiger partial charge >= 0.3 is 0 Å². The summed E-state index contributed by atoms with van der Waals surface area (Å²) in [4.78, 5) is 31.1. The van der Waals surface area contributed by atoms with Crippen LogP contribution in [0.15, 0.2) is 53.6 Å². The maximum absolute atomic E-state index is 12.9. The lowest BCUT2D eigenvalue weighted by atomic mass is 9.94. The zero-order valence-electron chi connectivity index (χ0n) is 13.8. The van der Waals surface area contributed by atoms with Gasteiger partial charge in [-0.2, -0.15) is 0 Å². The van der Waals surface area contributed by atoms with Crippen LogP contribution in [0.25, 0.3) is 0 Å². The van der Waals surface area contributed by atoms with Gasteiger partial charge in [0.25, 0.3) is 5.56 Å². The minimum atomic E-state index is -0.146. The number of carbonyl (C=O) groups is 1. The Morgan fingerprint density at radius 2 is 1.92 bits per heavy atom. The fourth-order valence-electron chi connectivity index (χ4n) is 3.31. The molecular formula is C19H23N3O2. The highest BCUT2D eigenvalue weighted by atomic mass is 16.2. The SMILES string of the molecule is O=C(Cn1ccccc1=O)N(Cc1ccccn1)C1CCCCC1. The lowest BCUT2D eigenvalue weighted by molar-refractivity contribution is -0.135. The first kappa shape index (κ1) is 16.4. The summed E-state index contributed by atoms with van der Waals surface area (Å²) >= 11 is 0. The first-order valence-corrected chi connectivity index (χ1v) is 8.59. The van der Waals surface area contributed by atoms with E-state index in [0.29, 0.717) is 6.54 Å². The molecule has 1 aliphatic carbocycles. The van der Waals surface area contributed by atoms with Gasteiger partial charge in [-0.3, -0.25) is 14.6 Å². The van der Waals surface area contributed by atoms with Crippen molar-refractivity contribution in [1.29, 1.82) is 0 Å². The van der Waals surface area contributed by atoms with Crippen molar-refractivity contribution >= 4 is 5.91 Å². The average molecular weight is 325 g/mol. The summed E-state index contributed by atoms with van der Waals surface area (Å²) in [7, 11) is 0. The van der Waals surface area contributed by atoms with Crippen LogP contribution in [0.5, 0.6) is 0 Å². The standard InChI is InChI=1S/C19H23N3O2/c23-18-11-5-7-13-21(18)15-19(24)22(17-9-2-1-3-10-17)14-16-8-4-6-12-20-16/h4-8,11-13,17H,1-3,9-10,14-15H2. The Kier molecular flexibility index (Phi) is 5.41. The molecule has 2 aromatic rings. The second-order valence-electron chi connectivity index (χ2n) is 6.30. The van der Waals surface area contributed by atoms with Gasteiger partial charge in [-0.15, -0.1) is 0 Å². The fourth-order valence-corrected chi connectivity index (χ4v) is 3.31. The van der Waals surface area contributed by atoms with E-state index in [9.17, 15) is 9.59 Å². The van der Waals surface area contributed by atoms with E-state index < -0.39 is 0 Å². The largest absolute Gasteiger partial charge is 0.332 e. The van der Waals surface area contributed by atoms with Gasteiger partial charge in [-0.05, 0) is 31.0 Å². The molecule has 0 bridgehead atoms. The van der Waals surface area contributed by atoms with Gasteiger partial charge < -0.3 is 9.47 Å². The summed E-state index contributed by atoms with van der Waals surface area (Å²) in [5.41, 5.74) is 0.740. The minimum Gasteiger partial charge on any atom is -0.332 e. The molecule has 0 atom stereocenters. The van der Waals surface area contributed by atoms with E-state index in [1.54, 1.807) is 24.5 Å². The minimum absolute atomic E-state index is 0.0131. The van der Waals surface area contributed by atoms with E-state index in [1.165, 1.54) is 17.1 Å². The topological polar surface area (TPSA) is 55.2 Å². The molecule has 0 spiro atoms. The summed E-state index contributed by atoms with van der Waals surface area (Å²) in [5, 5.41) is 0. The normalized spacial score (nSPS) is 15.2. The highest BCUT2D eigenvalue weighted by Crippen LogP contribution is 2.24. The van der Waals surface area contributed by atoms with E-state index in [-0.39, 0.29) is 24.1 Å². The second-order valence-corrected chi connectivity index (χ2v) is 6.30. The zero-order chi connectivity index (χ0) is 16.8. The molecule has 0 aliphatic heterocycles. The quantitative estimate of drug-likeness (QED) is 0.849. The molecule has 2 aromatic heterocycles. The molecule has 3 rings (SSSR count). The molecule has 0 radical (unpaired) electrons. The maximum Gasteiger partial charge on any atom is 0.250 e. The first-order chi connectivity index (χ1) is 11.7. The van der Waals surface area contributed by atoms with Crippen molar-refractivity contribution in [2.75, 3.05) is 0 Å². The van der Waals surface area contributed by atoms with Crippen LogP contribution in [0, 0.1) is 0 Å². The van der Waals surface area contributed by atoms with Crippen LogP contribution in [0.3, 0.4) is 0 Å². The molecule has 1 amide bonds. The van der Waals surface area contributed by atoms with Crippen molar-refractivity contribution in [3.8, 4) is 0 Å². The smallest absolute Gasteiger partial charge is 0.250 e. The Hall–Kier alpha value is -2.43. The van der Waals surface area contributed by atoms with Crippen LogP contribution in [0.4, 0.5) is 0 Å². The summed E-state index contributed by atoms with van der Waals surface area (Å²) in [6, 6.07) is 10.9. The van der Waals surface area contributed by atoms with Gasteiger partial charge in [0.2, 0.25) is 5.91 Å². The molecule has 24 heavy (non-hydrogen) atoms. The van der Waals surface area contributed by atoms with Crippen LogP contribution in [0.1, 0.15) is 37.8 Å². The van der Waals surface area contributed by atoms with Gasteiger partial charge in [0.05, 0.1) is 12.2 Å². The number of pyridine rings is 2. The molecule has 0 saturated heterocycles. The van der Waals surface area contributed by atoms with Crippen LogP contribution in [-0.4, -0.2) is 26.4 Å². The molecule has 0 N–H and O–H groups in total. The third-order valence-corrected chi connectivity index (χ3v) is 4.60. The summed E-state index contributed by atoms with van der Waals surface area (Å²) < 4.78 is 1.47. The molecular weight excluding hydrogens is 302 g/mol.